The van der Waals surface area contributed by atoms with Crippen LogP contribution in [0.5, 0.6) is 0 Å². The third kappa shape index (κ3) is 3.94. The molecule has 1 aliphatic rings. The molecule has 0 radical (unpaired) electrons. The van der Waals surface area contributed by atoms with Crippen molar-refractivity contribution >= 4 is 11.8 Å². The average molecular weight is 283 g/mol. The SMILES string of the molecule is CC(C)NC(CO)(CSc1cccc(F)c1)C1CC1. The number of benzene rings is 1. The molecule has 19 heavy (non-hydrogen) atoms. The molecule has 0 spiro atoms. The van der Waals surface area contributed by atoms with Crippen LogP contribution >= 0.6 is 11.8 Å². The predicted octanol–water partition coefficient (Wildman–Crippen LogP) is 3.06. The van der Waals surface area contributed by atoms with Crippen molar-refractivity contribution in [2.45, 2.75) is 43.2 Å². The molecule has 2 N–H and O–H groups in total. The highest BCUT2D eigenvalue weighted by atomic mass is 32.2. The zero-order chi connectivity index (χ0) is 13.9. The number of aliphatic hydroxyl groups is 1. The van der Waals surface area contributed by atoms with Crippen molar-refractivity contribution < 1.29 is 9.50 Å². The van der Waals surface area contributed by atoms with E-state index in [9.17, 15) is 9.50 Å². The molecule has 4 heteroatoms. The van der Waals surface area contributed by atoms with Crippen LogP contribution in [0.2, 0.25) is 0 Å². The van der Waals surface area contributed by atoms with Gasteiger partial charge in [0.25, 0.3) is 0 Å². The van der Waals surface area contributed by atoms with Gasteiger partial charge < -0.3 is 10.4 Å². The van der Waals surface area contributed by atoms with E-state index >= 15 is 0 Å². The molecular weight excluding hydrogens is 261 g/mol. The maximum Gasteiger partial charge on any atom is 0.124 e. The van der Waals surface area contributed by atoms with Gasteiger partial charge in [0.1, 0.15) is 5.82 Å². The number of hydrogen-bond acceptors (Lipinski definition) is 3. The van der Waals surface area contributed by atoms with Gasteiger partial charge in [0.05, 0.1) is 12.1 Å². The summed E-state index contributed by atoms with van der Waals surface area (Å²) < 4.78 is 13.2. The van der Waals surface area contributed by atoms with Gasteiger partial charge in [0, 0.05) is 16.7 Å². The molecule has 0 aliphatic heterocycles. The highest BCUT2D eigenvalue weighted by molar-refractivity contribution is 7.99. The first-order chi connectivity index (χ1) is 9.05. The van der Waals surface area contributed by atoms with Gasteiger partial charge in [-0.3, -0.25) is 0 Å². The van der Waals surface area contributed by atoms with E-state index < -0.39 is 0 Å². The van der Waals surface area contributed by atoms with Gasteiger partial charge in [-0.1, -0.05) is 19.9 Å². The summed E-state index contributed by atoms with van der Waals surface area (Å²) in [6.45, 7) is 4.33. The molecule has 0 aromatic heterocycles. The highest BCUT2D eigenvalue weighted by Crippen LogP contribution is 2.42. The van der Waals surface area contributed by atoms with E-state index in [0.717, 1.165) is 10.6 Å². The first-order valence-electron chi connectivity index (χ1n) is 6.83. The third-order valence-corrected chi connectivity index (χ3v) is 4.76. The molecule has 0 amide bonds. The van der Waals surface area contributed by atoms with Crippen molar-refractivity contribution in [3.63, 3.8) is 0 Å². The Hall–Kier alpha value is -0.580. The van der Waals surface area contributed by atoms with Crippen LogP contribution in [0.1, 0.15) is 26.7 Å². The Labute approximate surface area is 118 Å². The van der Waals surface area contributed by atoms with Crippen LogP contribution in [0.3, 0.4) is 0 Å². The Morgan fingerprint density at radius 1 is 1.47 bits per heavy atom. The Morgan fingerprint density at radius 3 is 2.74 bits per heavy atom. The monoisotopic (exact) mass is 283 g/mol. The molecule has 1 aromatic carbocycles. The summed E-state index contributed by atoms with van der Waals surface area (Å²) in [5.41, 5.74) is -0.231. The van der Waals surface area contributed by atoms with Crippen molar-refractivity contribution in [1.82, 2.24) is 5.32 Å². The summed E-state index contributed by atoms with van der Waals surface area (Å²) in [6.07, 6.45) is 2.34. The number of halogens is 1. The van der Waals surface area contributed by atoms with Crippen molar-refractivity contribution in [2.75, 3.05) is 12.4 Å². The van der Waals surface area contributed by atoms with Gasteiger partial charge in [-0.05, 0) is 37.0 Å². The third-order valence-electron chi connectivity index (χ3n) is 3.51. The van der Waals surface area contributed by atoms with Crippen LogP contribution < -0.4 is 5.32 Å². The van der Waals surface area contributed by atoms with Gasteiger partial charge in [-0.25, -0.2) is 4.39 Å². The molecule has 106 valence electrons. The maximum atomic E-state index is 13.2. The van der Waals surface area contributed by atoms with Gasteiger partial charge >= 0.3 is 0 Å². The normalized spacial score (nSPS) is 18.6. The molecule has 1 unspecified atom stereocenters. The molecule has 2 nitrogen and oxygen atoms in total. The molecule has 0 bridgehead atoms. The van der Waals surface area contributed by atoms with Crippen molar-refractivity contribution in [2.24, 2.45) is 5.92 Å². The molecule has 1 fully saturated rings. The largest absolute Gasteiger partial charge is 0.394 e. The Bertz CT molecular complexity index is 422. The Morgan fingerprint density at radius 2 is 2.21 bits per heavy atom. The minimum absolute atomic E-state index is 0.137. The van der Waals surface area contributed by atoms with Crippen molar-refractivity contribution in [1.29, 1.82) is 0 Å². The average Bonchev–Trinajstić information content (AvgIpc) is 3.19. The molecule has 1 saturated carbocycles. The molecule has 1 aliphatic carbocycles. The summed E-state index contributed by atoms with van der Waals surface area (Å²) in [7, 11) is 0. The quantitative estimate of drug-likeness (QED) is 0.754. The van der Waals surface area contributed by atoms with Gasteiger partial charge in [0.2, 0.25) is 0 Å². The first-order valence-corrected chi connectivity index (χ1v) is 7.81. The minimum atomic E-state index is -0.231. The van der Waals surface area contributed by atoms with Crippen LogP contribution in [-0.2, 0) is 0 Å². The topological polar surface area (TPSA) is 32.3 Å². The first kappa shape index (κ1) is 14.8. The van der Waals surface area contributed by atoms with Crippen LogP contribution in [-0.4, -0.2) is 29.0 Å². The van der Waals surface area contributed by atoms with Crippen molar-refractivity contribution in [3.8, 4) is 0 Å². The number of hydrogen-bond donors (Lipinski definition) is 2. The fourth-order valence-electron chi connectivity index (χ4n) is 2.48. The van der Waals surface area contributed by atoms with Gasteiger partial charge in [-0.15, -0.1) is 11.8 Å². The predicted molar refractivity (Wildman–Crippen MR) is 77.9 cm³/mol. The Kier molecular flexibility index (Phi) is 4.87. The van der Waals surface area contributed by atoms with Crippen LogP contribution in [0.15, 0.2) is 29.2 Å². The van der Waals surface area contributed by atoms with E-state index in [-0.39, 0.29) is 18.0 Å². The zero-order valence-electron chi connectivity index (χ0n) is 11.5. The van der Waals surface area contributed by atoms with Gasteiger partial charge in [-0.2, -0.15) is 0 Å². The number of thioether (sulfide) groups is 1. The van der Waals surface area contributed by atoms with Gasteiger partial charge in [0.15, 0.2) is 0 Å². The van der Waals surface area contributed by atoms with Crippen LogP contribution in [0.25, 0.3) is 0 Å². The smallest absolute Gasteiger partial charge is 0.124 e. The molecule has 0 saturated heterocycles. The van der Waals surface area contributed by atoms with E-state index in [2.05, 4.69) is 19.2 Å². The lowest BCUT2D eigenvalue weighted by Gasteiger charge is -2.35. The lowest BCUT2D eigenvalue weighted by atomic mass is 9.95. The van der Waals surface area contributed by atoms with Crippen LogP contribution in [0.4, 0.5) is 4.39 Å². The second-order valence-corrected chi connectivity index (χ2v) is 6.68. The second-order valence-electron chi connectivity index (χ2n) is 5.63. The van der Waals surface area contributed by atoms with E-state index in [1.165, 1.54) is 18.9 Å². The molecule has 0 heterocycles. The fraction of sp³-hybridized carbons (Fsp3) is 0.600. The fourth-order valence-corrected chi connectivity index (χ4v) is 3.68. The summed E-state index contributed by atoms with van der Waals surface area (Å²) in [4.78, 5) is 0.920. The second kappa shape index (κ2) is 6.25. The van der Waals surface area contributed by atoms with E-state index in [0.29, 0.717) is 12.0 Å². The number of nitrogens with one attached hydrogen (secondary N) is 1. The van der Waals surface area contributed by atoms with E-state index in [1.807, 2.05) is 6.07 Å². The summed E-state index contributed by atoms with van der Waals surface area (Å²) in [5.74, 6) is 1.11. The number of rotatable bonds is 7. The zero-order valence-corrected chi connectivity index (χ0v) is 12.3. The molecule has 2 rings (SSSR count). The summed E-state index contributed by atoms with van der Waals surface area (Å²) >= 11 is 1.61. The van der Waals surface area contributed by atoms with E-state index in [1.54, 1.807) is 23.9 Å². The molecular formula is C15H22FNOS. The molecule has 1 aromatic rings. The van der Waals surface area contributed by atoms with Crippen molar-refractivity contribution in [3.05, 3.63) is 30.1 Å². The lowest BCUT2D eigenvalue weighted by Crippen LogP contribution is -2.55. The summed E-state index contributed by atoms with van der Waals surface area (Å²) in [5, 5.41) is 13.3. The Balaban J connectivity index is 2.03. The number of aliphatic hydroxyl groups excluding tert-OH is 1. The summed E-state index contributed by atoms with van der Waals surface area (Å²) in [6, 6.07) is 6.98. The maximum absolute atomic E-state index is 13.2. The lowest BCUT2D eigenvalue weighted by molar-refractivity contribution is 0.150. The highest BCUT2D eigenvalue weighted by Gasteiger charge is 2.44. The standard InChI is InChI=1S/C15H22FNOS/c1-11(2)17-15(9-18,12-6-7-12)10-19-14-5-3-4-13(16)8-14/h3-5,8,11-12,17-18H,6-7,9-10H2,1-2H3. The minimum Gasteiger partial charge on any atom is -0.394 e. The van der Waals surface area contributed by atoms with E-state index in [4.69, 9.17) is 0 Å². The van der Waals surface area contributed by atoms with Crippen LogP contribution in [0, 0.1) is 11.7 Å². The molecule has 1 atom stereocenters.